The lowest BCUT2D eigenvalue weighted by Gasteiger charge is -2.09. The molecule has 3 rings (SSSR count). The molecule has 0 saturated carbocycles. The van der Waals surface area contributed by atoms with Crippen molar-refractivity contribution in [2.75, 3.05) is 11.1 Å². The minimum Gasteiger partial charge on any atom is -0.309 e. The summed E-state index contributed by atoms with van der Waals surface area (Å²) in [6, 6.07) is 7.27. The van der Waals surface area contributed by atoms with Crippen molar-refractivity contribution in [2.45, 2.75) is 12.1 Å². The van der Waals surface area contributed by atoms with Crippen LogP contribution < -0.4 is 5.32 Å². The molecule has 0 atom stereocenters. The SMILES string of the molecule is Cc1c(Cl)cnc(NC(=O)CSc2nncn2-c2cccc(Cl)c2)c1Cl. The van der Waals surface area contributed by atoms with Gasteiger partial charge in [0.1, 0.15) is 6.33 Å². The van der Waals surface area contributed by atoms with E-state index in [1.807, 2.05) is 12.1 Å². The Labute approximate surface area is 168 Å². The zero-order chi connectivity index (χ0) is 18.7. The van der Waals surface area contributed by atoms with Crippen molar-refractivity contribution < 1.29 is 4.79 Å². The van der Waals surface area contributed by atoms with Crippen LogP contribution in [0.15, 0.2) is 41.9 Å². The van der Waals surface area contributed by atoms with E-state index in [2.05, 4.69) is 20.5 Å². The fraction of sp³-hybridized carbons (Fsp3) is 0.125. The van der Waals surface area contributed by atoms with E-state index in [9.17, 15) is 4.79 Å². The number of rotatable bonds is 5. The Morgan fingerprint density at radius 3 is 2.88 bits per heavy atom. The first-order chi connectivity index (χ1) is 12.5. The lowest BCUT2D eigenvalue weighted by atomic mass is 10.3. The highest BCUT2D eigenvalue weighted by molar-refractivity contribution is 7.99. The number of nitrogens with one attached hydrogen (secondary N) is 1. The monoisotopic (exact) mass is 427 g/mol. The molecule has 0 bridgehead atoms. The second kappa shape index (κ2) is 8.26. The fourth-order valence-corrected chi connectivity index (χ4v) is 3.37. The van der Waals surface area contributed by atoms with E-state index < -0.39 is 0 Å². The third kappa shape index (κ3) is 4.29. The molecular formula is C16H12Cl3N5OS. The van der Waals surface area contributed by atoms with E-state index in [1.165, 1.54) is 18.0 Å². The Bertz CT molecular complexity index is 963. The summed E-state index contributed by atoms with van der Waals surface area (Å²) in [6.45, 7) is 1.75. The molecule has 26 heavy (non-hydrogen) atoms. The summed E-state index contributed by atoms with van der Waals surface area (Å²) >= 11 is 19.4. The van der Waals surface area contributed by atoms with Gasteiger partial charge in [-0.05, 0) is 30.7 Å². The molecule has 10 heteroatoms. The maximum absolute atomic E-state index is 12.2. The van der Waals surface area contributed by atoms with E-state index >= 15 is 0 Å². The number of nitrogens with zero attached hydrogens (tertiary/aromatic N) is 4. The smallest absolute Gasteiger partial charge is 0.236 e. The molecule has 134 valence electrons. The molecule has 0 aliphatic rings. The first-order valence-electron chi connectivity index (χ1n) is 7.35. The number of benzene rings is 1. The van der Waals surface area contributed by atoms with Crippen LogP contribution in [-0.4, -0.2) is 31.4 Å². The average Bonchev–Trinajstić information content (AvgIpc) is 3.09. The molecule has 0 radical (unpaired) electrons. The first-order valence-corrected chi connectivity index (χ1v) is 9.47. The summed E-state index contributed by atoms with van der Waals surface area (Å²) < 4.78 is 1.75. The number of hydrogen-bond donors (Lipinski definition) is 1. The summed E-state index contributed by atoms with van der Waals surface area (Å²) in [5.74, 6) is 0.112. The van der Waals surface area contributed by atoms with Crippen molar-refractivity contribution in [3.8, 4) is 5.69 Å². The maximum Gasteiger partial charge on any atom is 0.236 e. The van der Waals surface area contributed by atoms with Crippen LogP contribution in [0.4, 0.5) is 5.82 Å². The van der Waals surface area contributed by atoms with Gasteiger partial charge < -0.3 is 5.32 Å². The van der Waals surface area contributed by atoms with Crippen molar-refractivity contribution in [2.24, 2.45) is 0 Å². The Morgan fingerprint density at radius 1 is 1.31 bits per heavy atom. The van der Waals surface area contributed by atoms with E-state index in [-0.39, 0.29) is 17.5 Å². The number of aromatic nitrogens is 4. The van der Waals surface area contributed by atoms with Crippen LogP contribution in [-0.2, 0) is 4.79 Å². The van der Waals surface area contributed by atoms with E-state index in [0.717, 1.165) is 5.69 Å². The molecule has 2 aromatic heterocycles. The van der Waals surface area contributed by atoms with E-state index in [1.54, 1.807) is 30.0 Å². The zero-order valence-corrected chi connectivity index (χ0v) is 16.5. The second-order valence-electron chi connectivity index (χ2n) is 5.19. The van der Waals surface area contributed by atoms with Crippen LogP contribution >= 0.6 is 46.6 Å². The highest BCUT2D eigenvalue weighted by Gasteiger charge is 2.14. The molecule has 0 saturated heterocycles. The van der Waals surface area contributed by atoms with Gasteiger partial charge in [0.05, 0.1) is 21.5 Å². The fourth-order valence-electron chi connectivity index (χ4n) is 2.07. The summed E-state index contributed by atoms with van der Waals surface area (Å²) in [6.07, 6.45) is 3.01. The Morgan fingerprint density at radius 2 is 2.12 bits per heavy atom. The average molecular weight is 429 g/mol. The summed E-state index contributed by atoms with van der Waals surface area (Å²) in [5.41, 5.74) is 1.47. The van der Waals surface area contributed by atoms with Crippen LogP contribution in [0.3, 0.4) is 0 Å². The standard InChI is InChI=1S/C16H12Cl3N5OS/c1-9-12(18)6-20-15(14(9)19)22-13(25)7-26-16-23-21-8-24(16)11-4-2-3-10(17)5-11/h2-6,8H,7H2,1H3,(H,20,22,25). The Balaban J connectivity index is 1.68. The number of carbonyl (C=O) groups excluding carboxylic acids is 1. The molecule has 0 aliphatic heterocycles. The van der Waals surface area contributed by atoms with Gasteiger partial charge in [0.2, 0.25) is 5.91 Å². The van der Waals surface area contributed by atoms with Crippen molar-refractivity contribution in [3.63, 3.8) is 0 Å². The van der Waals surface area contributed by atoms with Crippen molar-refractivity contribution >= 4 is 58.3 Å². The minimum atomic E-state index is -0.272. The van der Waals surface area contributed by atoms with Crippen LogP contribution in [0.25, 0.3) is 5.69 Å². The number of carbonyl (C=O) groups is 1. The van der Waals surface area contributed by atoms with Crippen molar-refractivity contribution in [1.82, 2.24) is 19.7 Å². The van der Waals surface area contributed by atoms with Crippen LogP contribution in [0.1, 0.15) is 5.56 Å². The Hall–Kier alpha value is -1.80. The van der Waals surface area contributed by atoms with Crippen LogP contribution in [0.2, 0.25) is 15.1 Å². The molecule has 0 aliphatic carbocycles. The highest BCUT2D eigenvalue weighted by Crippen LogP contribution is 2.29. The minimum absolute atomic E-state index is 0.110. The molecule has 6 nitrogen and oxygen atoms in total. The first kappa shape index (κ1) is 19.0. The third-order valence-corrected chi connectivity index (χ3v) is 5.42. The third-order valence-electron chi connectivity index (χ3n) is 3.40. The highest BCUT2D eigenvalue weighted by atomic mass is 35.5. The topological polar surface area (TPSA) is 72.7 Å². The quantitative estimate of drug-likeness (QED) is 0.598. The lowest BCUT2D eigenvalue weighted by Crippen LogP contribution is -2.16. The molecule has 0 fully saturated rings. The number of hydrogen-bond acceptors (Lipinski definition) is 5. The molecule has 0 spiro atoms. The van der Waals surface area contributed by atoms with Crippen molar-refractivity contribution in [1.29, 1.82) is 0 Å². The summed E-state index contributed by atoms with van der Waals surface area (Å²) in [5, 5.41) is 12.5. The van der Waals surface area contributed by atoms with Gasteiger partial charge in [0, 0.05) is 11.2 Å². The number of thioether (sulfide) groups is 1. The van der Waals surface area contributed by atoms with Gasteiger partial charge in [-0.2, -0.15) is 0 Å². The molecule has 0 unspecified atom stereocenters. The van der Waals surface area contributed by atoms with E-state index in [4.69, 9.17) is 34.8 Å². The van der Waals surface area contributed by atoms with Gasteiger partial charge >= 0.3 is 0 Å². The van der Waals surface area contributed by atoms with Gasteiger partial charge in [-0.15, -0.1) is 10.2 Å². The van der Waals surface area contributed by atoms with Crippen LogP contribution in [0, 0.1) is 6.92 Å². The number of anilines is 1. The molecule has 1 aromatic carbocycles. The maximum atomic E-state index is 12.2. The number of halogens is 3. The van der Waals surface area contributed by atoms with Gasteiger partial charge in [-0.3, -0.25) is 9.36 Å². The molecule has 2 heterocycles. The second-order valence-corrected chi connectivity index (χ2v) is 7.36. The predicted molar refractivity (Wildman–Crippen MR) is 105 cm³/mol. The molecule has 1 amide bonds. The summed E-state index contributed by atoms with van der Waals surface area (Å²) in [7, 11) is 0. The van der Waals surface area contributed by atoms with Crippen LogP contribution in [0.5, 0.6) is 0 Å². The van der Waals surface area contributed by atoms with Gasteiger partial charge in [-0.1, -0.05) is 52.6 Å². The lowest BCUT2D eigenvalue weighted by molar-refractivity contribution is -0.113. The number of amides is 1. The normalized spacial score (nSPS) is 10.8. The van der Waals surface area contributed by atoms with Crippen molar-refractivity contribution in [3.05, 3.63) is 57.4 Å². The predicted octanol–water partition coefficient (Wildman–Crippen LogP) is 4.66. The Kier molecular flexibility index (Phi) is 6.03. The molecule has 1 N–H and O–H groups in total. The number of pyridine rings is 1. The molecular weight excluding hydrogens is 417 g/mol. The zero-order valence-electron chi connectivity index (χ0n) is 13.4. The molecule has 3 aromatic rings. The van der Waals surface area contributed by atoms with Gasteiger partial charge in [0.15, 0.2) is 11.0 Å². The summed E-state index contributed by atoms with van der Waals surface area (Å²) in [4.78, 5) is 16.3. The largest absolute Gasteiger partial charge is 0.309 e. The van der Waals surface area contributed by atoms with Gasteiger partial charge in [0.25, 0.3) is 0 Å². The van der Waals surface area contributed by atoms with Gasteiger partial charge in [-0.25, -0.2) is 4.98 Å². The van der Waals surface area contributed by atoms with E-state index in [0.29, 0.717) is 25.8 Å².